The molecule has 0 radical (unpaired) electrons. The van der Waals surface area contributed by atoms with E-state index in [1.54, 1.807) is 0 Å². The molecule has 0 bridgehead atoms. The van der Waals surface area contributed by atoms with E-state index in [4.69, 9.17) is 4.74 Å². The molecule has 1 aromatic heterocycles. The van der Waals surface area contributed by atoms with Gasteiger partial charge < -0.3 is 9.64 Å². The predicted molar refractivity (Wildman–Crippen MR) is 103 cm³/mol. The second-order valence-corrected chi connectivity index (χ2v) is 7.69. The van der Waals surface area contributed by atoms with Crippen LogP contribution in [0.3, 0.4) is 0 Å². The van der Waals surface area contributed by atoms with Crippen LogP contribution >= 0.6 is 0 Å². The molecule has 0 spiro atoms. The van der Waals surface area contributed by atoms with E-state index >= 15 is 0 Å². The van der Waals surface area contributed by atoms with Gasteiger partial charge in [0.25, 0.3) is 0 Å². The maximum Gasteiger partial charge on any atom is 0.223 e. The molecule has 5 nitrogen and oxygen atoms in total. The summed E-state index contributed by atoms with van der Waals surface area (Å²) in [5, 5.41) is 0. The zero-order chi connectivity index (χ0) is 18.0. The van der Waals surface area contributed by atoms with Crippen LogP contribution in [0.4, 0.5) is 0 Å². The molecule has 3 rings (SSSR count). The van der Waals surface area contributed by atoms with Gasteiger partial charge in [0.2, 0.25) is 5.91 Å². The zero-order valence-corrected chi connectivity index (χ0v) is 15.9. The zero-order valence-electron chi connectivity index (χ0n) is 15.9. The summed E-state index contributed by atoms with van der Waals surface area (Å²) in [5.74, 6) is 0.922. The molecule has 0 unspecified atom stereocenters. The van der Waals surface area contributed by atoms with E-state index in [-0.39, 0.29) is 0 Å². The highest BCUT2D eigenvalue weighted by Gasteiger charge is 2.21. The summed E-state index contributed by atoms with van der Waals surface area (Å²) in [6.07, 6.45) is 11.7. The second kappa shape index (κ2) is 10.6. The van der Waals surface area contributed by atoms with Crippen molar-refractivity contribution < 1.29 is 9.53 Å². The SMILES string of the molecule is O=C(CC1CCCCC1)N(CCCN1CCOCC1)Cc1ccncc1. The van der Waals surface area contributed by atoms with Crippen molar-refractivity contribution in [2.45, 2.75) is 51.5 Å². The maximum absolute atomic E-state index is 13.0. The van der Waals surface area contributed by atoms with Crippen molar-refractivity contribution >= 4 is 5.91 Å². The number of pyridine rings is 1. The fourth-order valence-corrected chi connectivity index (χ4v) is 4.08. The molecule has 1 amide bonds. The van der Waals surface area contributed by atoms with Gasteiger partial charge in [0.05, 0.1) is 13.2 Å². The number of carbonyl (C=O) groups excluding carboxylic acids is 1. The molecule has 0 N–H and O–H groups in total. The monoisotopic (exact) mass is 359 g/mol. The minimum Gasteiger partial charge on any atom is -0.379 e. The summed E-state index contributed by atoms with van der Waals surface area (Å²) < 4.78 is 5.42. The molecule has 26 heavy (non-hydrogen) atoms. The lowest BCUT2D eigenvalue weighted by Crippen LogP contribution is -2.39. The van der Waals surface area contributed by atoms with Crippen molar-refractivity contribution in [1.82, 2.24) is 14.8 Å². The highest BCUT2D eigenvalue weighted by atomic mass is 16.5. The van der Waals surface area contributed by atoms with Gasteiger partial charge in [0.15, 0.2) is 0 Å². The van der Waals surface area contributed by atoms with Crippen LogP contribution in [0.1, 0.15) is 50.5 Å². The maximum atomic E-state index is 13.0. The van der Waals surface area contributed by atoms with Crippen molar-refractivity contribution in [3.8, 4) is 0 Å². The summed E-state index contributed by atoms with van der Waals surface area (Å²) >= 11 is 0. The van der Waals surface area contributed by atoms with Gasteiger partial charge in [-0.3, -0.25) is 14.7 Å². The minimum absolute atomic E-state index is 0.329. The smallest absolute Gasteiger partial charge is 0.223 e. The van der Waals surface area contributed by atoms with Crippen LogP contribution in [-0.2, 0) is 16.1 Å². The Morgan fingerprint density at radius 3 is 2.62 bits per heavy atom. The number of rotatable bonds is 8. The molecule has 1 aromatic rings. The third kappa shape index (κ3) is 6.36. The molecule has 0 atom stereocenters. The first-order valence-electron chi connectivity index (χ1n) is 10.3. The number of hydrogen-bond donors (Lipinski definition) is 0. The van der Waals surface area contributed by atoms with Crippen LogP contribution in [0.2, 0.25) is 0 Å². The molecular formula is C21H33N3O2. The number of ether oxygens (including phenoxy) is 1. The predicted octanol–water partition coefficient (Wildman–Crippen LogP) is 3.10. The lowest BCUT2D eigenvalue weighted by molar-refractivity contribution is -0.133. The molecule has 0 aromatic carbocycles. The van der Waals surface area contributed by atoms with E-state index in [0.29, 0.717) is 18.4 Å². The fraction of sp³-hybridized carbons (Fsp3) is 0.714. The Morgan fingerprint density at radius 1 is 1.15 bits per heavy atom. The first-order chi connectivity index (χ1) is 12.8. The van der Waals surface area contributed by atoms with E-state index in [2.05, 4.69) is 14.8 Å². The van der Waals surface area contributed by atoms with Gasteiger partial charge >= 0.3 is 0 Å². The summed E-state index contributed by atoms with van der Waals surface area (Å²) in [6.45, 7) is 6.29. The van der Waals surface area contributed by atoms with Gasteiger partial charge in [0, 0.05) is 51.5 Å². The number of amides is 1. The molecule has 2 fully saturated rings. The fourth-order valence-electron chi connectivity index (χ4n) is 4.08. The van der Waals surface area contributed by atoms with Crippen LogP contribution in [-0.4, -0.2) is 60.1 Å². The van der Waals surface area contributed by atoms with Gasteiger partial charge in [-0.1, -0.05) is 19.3 Å². The van der Waals surface area contributed by atoms with E-state index in [1.807, 2.05) is 24.5 Å². The van der Waals surface area contributed by atoms with Gasteiger partial charge in [0.1, 0.15) is 0 Å². The molecule has 1 aliphatic carbocycles. The van der Waals surface area contributed by atoms with E-state index < -0.39 is 0 Å². The summed E-state index contributed by atoms with van der Waals surface area (Å²) in [4.78, 5) is 21.6. The minimum atomic E-state index is 0.329. The van der Waals surface area contributed by atoms with Crippen molar-refractivity contribution in [2.24, 2.45) is 5.92 Å². The number of nitrogens with zero attached hydrogens (tertiary/aromatic N) is 3. The topological polar surface area (TPSA) is 45.7 Å². The Hall–Kier alpha value is -1.46. The third-order valence-electron chi connectivity index (χ3n) is 5.67. The molecule has 1 saturated carbocycles. The lowest BCUT2D eigenvalue weighted by atomic mass is 9.86. The van der Waals surface area contributed by atoms with Gasteiger partial charge in [-0.05, 0) is 42.9 Å². The molecular weight excluding hydrogens is 326 g/mol. The van der Waals surface area contributed by atoms with Crippen molar-refractivity contribution in [3.05, 3.63) is 30.1 Å². The van der Waals surface area contributed by atoms with E-state index in [9.17, 15) is 4.79 Å². The molecule has 2 aliphatic rings. The molecule has 1 aliphatic heterocycles. The van der Waals surface area contributed by atoms with Crippen LogP contribution in [0.15, 0.2) is 24.5 Å². The third-order valence-corrected chi connectivity index (χ3v) is 5.67. The van der Waals surface area contributed by atoms with Crippen molar-refractivity contribution in [3.63, 3.8) is 0 Å². The number of aromatic nitrogens is 1. The Balaban J connectivity index is 1.52. The van der Waals surface area contributed by atoms with Gasteiger partial charge in [-0.2, -0.15) is 0 Å². The highest BCUT2D eigenvalue weighted by Crippen LogP contribution is 2.27. The number of morpholine rings is 1. The van der Waals surface area contributed by atoms with Crippen LogP contribution in [0.5, 0.6) is 0 Å². The van der Waals surface area contributed by atoms with Gasteiger partial charge in [-0.15, -0.1) is 0 Å². The van der Waals surface area contributed by atoms with Crippen LogP contribution in [0.25, 0.3) is 0 Å². The molecule has 2 heterocycles. The molecule has 144 valence electrons. The Kier molecular flexibility index (Phi) is 7.89. The average Bonchev–Trinajstić information content (AvgIpc) is 2.69. The average molecular weight is 360 g/mol. The van der Waals surface area contributed by atoms with E-state index in [0.717, 1.165) is 52.2 Å². The van der Waals surface area contributed by atoms with Gasteiger partial charge in [-0.25, -0.2) is 0 Å². The lowest BCUT2D eigenvalue weighted by Gasteiger charge is -2.29. The summed E-state index contributed by atoms with van der Waals surface area (Å²) in [7, 11) is 0. The largest absolute Gasteiger partial charge is 0.379 e. The first kappa shape index (κ1) is 19.3. The van der Waals surface area contributed by atoms with Crippen LogP contribution < -0.4 is 0 Å². The highest BCUT2D eigenvalue weighted by molar-refractivity contribution is 5.76. The van der Waals surface area contributed by atoms with Crippen molar-refractivity contribution in [1.29, 1.82) is 0 Å². The number of carbonyl (C=O) groups is 1. The van der Waals surface area contributed by atoms with Crippen LogP contribution in [0, 0.1) is 5.92 Å². The normalized spacial score (nSPS) is 19.4. The Labute approximate surface area is 157 Å². The van der Waals surface area contributed by atoms with E-state index in [1.165, 1.54) is 37.7 Å². The van der Waals surface area contributed by atoms with Crippen molar-refractivity contribution in [2.75, 3.05) is 39.4 Å². The Morgan fingerprint density at radius 2 is 1.88 bits per heavy atom. The first-order valence-corrected chi connectivity index (χ1v) is 10.3. The molecule has 5 heteroatoms. The molecule has 1 saturated heterocycles. The quantitative estimate of drug-likeness (QED) is 0.715. The Bertz CT molecular complexity index is 525. The summed E-state index contributed by atoms with van der Waals surface area (Å²) in [5.41, 5.74) is 1.17. The second-order valence-electron chi connectivity index (χ2n) is 7.69. The number of hydrogen-bond acceptors (Lipinski definition) is 4. The standard InChI is InChI=1S/C21H33N3O2/c25-21(17-19-5-2-1-3-6-19)24(18-20-7-9-22-10-8-20)12-4-11-23-13-15-26-16-14-23/h7-10,19H,1-6,11-18H2. The summed E-state index contributed by atoms with van der Waals surface area (Å²) in [6, 6.07) is 4.03.